The largest absolute Gasteiger partial charge is 0.335 e. The fraction of sp³-hybridized carbons (Fsp3) is 0.562. The first kappa shape index (κ1) is 13.6. The van der Waals surface area contributed by atoms with Crippen molar-refractivity contribution in [3.8, 4) is 0 Å². The van der Waals surface area contributed by atoms with Crippen molar-refractivity contribution in [2.75, 3.05) is 13.1 Å². The Kier molecular flexibility index (Phi) is 3.74. The van der Waals surface area contributed by atoms with Crippen LogP contribution in [0.25, 0.3) is 0 Å². The summed E-state index contributed by atoms with van der Waals surface area (Å²) in [6.45, 7) is 4.33. The van der Waals surface area contributed by atoms with E-state index in [0.29, 0.717) is 18.5 Å². The minimum Gasteiger partial charge on any atom is -0.335 e. The van der Waals surface area contributed by atoms with Crippen molar-refractivity contribution in [1.82, 2.24) is 10.2 Å². The van der Waals surface area contributed by atoms with Gasteiger partial charge in [0.05, 0.1) is 5.92 Å². The van der Waals surface area contributed by atoms with Crippen LogP contribution >= 0.6 is 0 Å². The van der Waals surface area contributed by atoms with Gasteiger partial charge in [0.1, 0.15) is 5.82 Å². The molecule has 1 aliphatic heterocycles. The number of nitrogens with one attached hydrogen (secondary N) is 1. The maximum Gasteiger partial charge on any atom is 0.227 e. The zero-order valence-corrected chi connectivity index (χ0v) is 11.8. The van der Waals surface area contributed by atoms with Gasteiger partial charge in [-0.15, -0.1) is 0 Å². The van der Waals surface area contributed by atoms with Crippen LogP contribution in [-0.2, 0) is 11.3 Å². The average Bonchev–Trinajstić information content (AvgIpc) is 3.17. The monoisotopic (exact) mass is 276 g/mol. The van der Waals surface area contributed by atoms with Crippen LogP contribution in [0.4, 0.5) is 4.39 Å². The summed E-state index contributed by atoms with van der Waals surface area (Å²) >= 11 is 0. The molecule has 0 aromatic heterocycles. The maximum atomic E-state index is 13.3. The van der Waals surface area contributed by atoms with E-state index in [1.807, 2.05) is 11.0 Å². The first-order chi connectivity index (χ1) is 9.65. The zero-order valence-electron chi connectivity index (χ0n) is 11.8. The Labute approximate surface area is 119 Å². The molecule has 0 spiro atoms. The number of benzene rings is 1. The summed E-state index contributed by atoms with van der Waals surface area (Å²) in [6, 6.07) is 6.93. The fourth-order valence-corrected chi connectivity index (χ4v) is 2.96. The van der Waals surface area contributed by atoms with Crippen LogP contribution < -0.4 is 5.32 Å². The van der Waals surface area contributed by atoms with Crippen molar-refractivity contribution in [3.05, 3.63) is 35.6 Å². The number of halogens is 1. The molecule has 3 nitrogen and oxygen atoms in total. The Morgan fingerprint density at radius 2 is 2.20 bits per heavy atom. The highest BCUT2D eigenvalue weighted by Crippen LogP contribution is 2.31. The lowest BCUT2D eigenvalue weighted by molar-refractivity contribution is -0.137. The van der Waals surface area contributed by atoms with Crippen molar-refractivity contribution < 1.29 is 9.18 Å². The fourth-order valence-electron chi connectivity index (χ4n) is 2.96. The molecule has 1 aliphatic carbocycles. The summed E-state index contributed by atoms with van der Waals surface area (Å²) in [4.78, 5) is 14.7. The lowest BCUT2D eigenvalue weighted by atomic mass is 9.96. The van der Waals surface area contributed by atoms with E-state index in [0.717, 1.165) is 31.5 Å². The van der Waals surface area contributed by atoms with Gasteiger partial charge in [-0.3, -0.25) is 4.79 Å². The molecule has 1 saturated carbocycles. The number of carbonyl (C=O) groups excluding carboxylic acids is 1. The average molecular weight is 276 g/mol. The van der Waals surface area contributed by atoms with Crippen LogP contribution in [-0.4, -0.2) is 29.9 Å². The lowest BCUT2D eigenvalue weighted by Crippen LogP contribution is -2.39. The predicted molar refractivity (Wildman–Crippen MR) is 75.5 cm³/mol. The highest BCUT2D eigenvalue weighted by atomic mass is 19.1. The van der Waals surface area contributed by atoms with E-state index in [9.17, 15) is 9.18 Å². The molecule has 1 aromatic carbocycles. The quantitative estimate of drug-likeness (QED) is 0.914. The first-order valence-corrected chi connectivity index (χ1v) is 7.41. The third-order valence-corrected chi connectivity index (χ3v) is 4.35. The van der Waals surface area contributed by atoms with E-state index in [1.165, 1.54) is 12.1 Å². The second kappa shape index (κ2) is 5.52. The number of amides is 1. The lowest BCUT2D eigenvalue weighted by Gasteiger charge is -2.27. The molecule has 0 bridgehead atoms. The summed E-state index contributed by atoms with van der Waals surface area (Å²) < 4.78 is 13.3. The minimum atomic E-state index is -0.235. The summed E-state index contributed by atoms with van der Waals surface area (Å²) in [6.07, 6.45) is 2.16. The molecule has 20 heavy (non-hydrogen) atoms. The highest BCUT2D eigenvalue weighted by Gasteiger charge is 2.39. The number of nitrogens with zero attached hydrogens (tertiary/aromatic N) is 1. The van der Waals surface area contributed by atoms with Crippen molar-refractivity contribution in [1.29, 1.82) is 0 Å². The number of hydrogen-bond donors (Lipinski definition) is 1. The predicted octanol–water partition coefficient (Wildman–Crippen LogP) is 2.17. The van der Waals surface area contributed by atoms with E-state index >= 15 is 0 Å². The maximum absolute atomic E-state index is 13.3. The van der Waals surface area contributed by atoms with Crippen LogP contribution in [0.2, 0.25) is 0 Å². The van der Waals surface area contributed by atoms with E-state index in [2.05, 4.69) is 12.2 Å². The topological polar surface area (TPSA) is 32.3 Å². The standard InChI is InChI=1S/C16H21FN2O/c1-11-8-18-9-15(11)16(20)19(14-5-6-14)10-12-3-2-4-13(17)7-12/h2-4,7,11,14-15,18H,5-6,8-10H2,1H3. The van der Waals surface area contributed by atoms with Gasteiger partial charge in [-0.05, 0) is 43.0 Å². The summed E-state index contributed by atoms with van der Waals surface area (Å²) in [5, 5.41) is 3.28. The van der Waals surface area contributed by atoms with Gasteiger partial charge < -0.3 is 10.2 Å². The second-order valence-corrected chi connectivity index (χ2v) is 6.07. The van der Waals surface area contributed by atoms with Crippen LogP contribution in [0.15, 0.2) is 24.3 Å². The molecule has 0 radical (unpaired) electrons. The van der Waals surface area contributed by atoms with Crippen molar-refractivity contribution >= 4 is 5.91 Å². The van der Waals surface area contributed by atoms with E-state index in [4.69, 9.17) is 0 Å². The third kappa shape index (κ3) is 2.85. The zero-order chi connectivity index (χ0) is 14.1. The molecule has 3 rings (SSSR count). The van der Waals surface area contributed by atoms with Gasteiger partial charge in [0, 0.05) is 19.1 Å². The highest BCUT2D eigenvalue weighted by molar-refractivity contribution is 5.80. The minimum absolute atomic E-state index is 0.0733. The van der Waals surface area contributed by atoms with Gasteiger partial charge in [-0.2, -0.15) is 0 Å². The molecule has 1 N–H and O–H groups in total. The van der Waals surface area contributed by atoms with E-state index in [-0.39, 0.29) is 17.6 Å². The van der Waals surface area contributed by atoms with Gasteiger partial charge in [-0.1, -0.05) is 19.1 Å². The number of carbonyl (C=O) groups is 1. The molecule has 108 valence electrons. The SMILES string of the molecule is CC1CNCC1C(=O)N(Cc1cccc(F)c1)C1CC1. The molecular weight excluding hydrogens is 255 g/mol. The van der Waals surface area contributed by atoms with Gasteiger partial charge in [0.15, 0.2) is 0 Å². The summed E-state index contributed by atoms with van der Waals surface area (Å²) in [5.74, 6) is 0.455. The molecule has 1 saturated heterocycles. The van der Waals surface area contributed by atoms with Crippen LogP contribution in [0.3, 0.4) is 0 Å². The molecule has 1 amide bonds. The van der Waals surface area contributed by atoms with E-state index < -0.39 is 0 Å². The molecule has 2 fully saturated rings. The first-order valence-electron chi connectivity index (χ1n) is 7.41. The van der Waals surface area contributed by atoms with Crippen LogP contribution in [0.1, 0.15) is 25.3 Å². The molecule has 2 atom stereocenters. The summed E-state index contributed by atoms with van der Waals surface area (Å²) in [7, 11) is 0. The Morgan fingerprint density at radius 1 is 1.40 bits per heavy atom. The van der Waals surface area contributed by atoms with Gasteiger partial charge in [-0.25, -0.2) is 4.39 Å². The molecule has 1 heterocycles. The molecule has 2 aliphatic rings. The molecule has 2 unspecified atom stereocenters. The van der Waals surface area contributed by atoms with Crippen molar-refractivity contribution in [3.63, 3.8) is 0 Å². The molecule has 1 aromatic rings. The normalized spacial score (nSPS) is 25.7. The Morgan fingerprint density at radius 3 is 2.80 bits per heavy atom. The smallest absolute Gasteiger partial charge is 0.227 e. The van der Waals surface area contributed by atoms with Crippen molar-refractivity contribution in [2.24, 2.45) is 11.8 Å². The summed E-state index contributed by atoms with van der Waals surface area (Å²) in [5.41, 5.74) is 0.879. The van der Waals surface area contributed by atoms with Crippen LogP contribution in [0.5, 0.6) is 0 Å². The Hall–Kier alpha value is -1.42. The Balaban J connectivity index is 1.74. The second-order valence-electron chi connectivity index (χ2n) is 6.07. The Bertz CT molecular complexity index is 501. The molecule has 4 heteroatoms. The van der Waals surface area contributed by atoms with Crippen molar-refractivity contribution in [2.45, 2.75) is 32.4 Å². The molecular formula is C16H21FN2O. The van der Waals surface area contributed by atoms with Gasteiger partial charge in [0.25, 0.3) is 0 Å². The van der Waals surface area contributed by atoms with Gasteiger partial charge >= 0.3 is 0 Å². The number of rotatable bonds is 4. The third-order valence-electron chi connectivity index (χ3n) is 4.35. The van der Waals surface area contributed by atoms with E-state index in [1.54, 1.807) is 6.07 Å². The van der Waals surface area contributed by atoms with Crippen LogP contribution in [0, 0.1) is 17.7 Å². The van der Waals surface area contributed by atoms with Gasteiger partial charge in [0.2, 0.25) is 5.91 Å². The number of hydrogen-bond acceptors (Lipinski definition) is 2.